The first-order valence-corrected chi connectivity index (χ1v) is 10.4. The van der Waals surface area contributed by atoms with Gasteiger partial charge in [-0.3, -0.25) is 4.79 Å². The minimum Gasteiger partial charge on any atom is -0.324 e. The summed E-state index contributed by atoms with van der Waals surface area (Å²) in [6, 6.07) is 17.8. The zero-order valence-electron chi connectivity index (χ0n) is 18.9. The highest BCUT2D eigenvalue weighted by atomic mass is 16.1. The summed E-state index contributed by atoms with van der Waals surface area (Å²) in [4.78, 5) is 10.5. The van der Waals surface area contributed by atoms with Gasteiger partial charge in [0.1, 0.15) is 0 Å². The largest absolute Gasteiger partial charge is 0.324 e. The van der Waals surface area contributed by atoms with E-state index in [1.807, 2.05) is 127 Å². The third kappa shape index (κ3) is 8.72. The highest BCUT2D eigenvalue weighted by Gasteiger charge is 1.97. The van der Waals surface area contributed by atoms with Crippen molar-refractivity contribution >= 4 is 17.3 Å². The second-order valence-corrected chi connectivity index (χ2v) is 4.42. The molecule has 0 aliphatic carbocycles. The van der Waals surface area contributed by atoms with E-state index in [1.165, 1.54) is 5.52 Å². The minimum atomic E-state index is 0.741. The lowest BCUT2D eigenvalue weighted by Gasteiger charge is -1.91. The fraction of sp³-hybridized carbons (Fsp3) is 0.320. The van der Waals surface area contributed by atoms with E-state index in [2.05, 4.69) is 16.5 Å². The fourth-order valence-corrected chi connectivity index (χ4v) is 2.16. The molecule has 4 heterocycles. The summed E-state index contributed by atoms with van der Waals surface area (Å²) in [5.74, 6) is 0. The molecule has 0 spiro atoms. The van der Waals surface area contributed by atoms with Gasteiger partial charge in [-0.15, -0.1) is 0 Å². The van der Waals surface area contributed by atoms with Crippen molar-refractivity contribution in [3.63, 3.8) is 0 Å². The number of hydrogen-bond acceptors (Lipinski definition) is 1. The molecule has 3 nitrogen and oxygen atoms in total. The van der Waals surface area contributed by atoms with E-state index in [9.17, 15) is 4.79 Å². The highest BCUT2D eigenvalue weighted by molar-refractivity contribution is 5.86. The molecule has 4 rings (SSSR count). The Bertz CT molecular complexity index is 813. The molecular formula is C25H38N2O. The zero-order valence-corrected chi connectivity index (χ0v) is 18.9. The molecule has 0 N–H and O–H groups in total. The average molecular weight is 383 g/mol. The van der Waals surface area contributed by atoms with Gasteiger partial charge < -0.3 is 8.80 Å². The molecule has 0 saturated heterocycles. The van der Waals surface area contributed by atoms with Gasteiger partial charge in [-0.25, -0.2) is 0 Å². The number of nitrogens with zero attached hydrogens (tertiary/aromatic N) is 2. The lowest BCUT2D eigenvalue weighted by Crippen LogP contribution is -1.80. The third-order valence-corrected chi connectivity index (χ3v) is 3.16. The van der Waals surface area contributed by atoms with Crippen LogP contribution in [0.4, 0.5) is 0 Å². The molecule has 0 atom stereocenters. The number of aldehydes is 1. The molecule has 3 heteroatoms. The van der Waals surface area contributed by atoms with Crippen LogP contribution in [0.25, 0.3) is 11.0 Å². The summed E-state index contributed by atoms with van der Waals surface area (Å²) >= 11 is 0. The normalized spacial score (nSPS) is 8.14. The van der Waals surface area contributed by atoms with Gasteiger partial charge in [0.25, 0.3) is 0 Å². The lowest BCUT2D eigenvalue weighted by atomic mass is 10.3. The molecule has 28 heavy (non-hydrogen) atoms. The van der Waals surface area contributed by atoms with Gasteiger partial charge in [-0.2, -0.15) is 0 Å². The van der Waals surface area contributed by atoms with Crippen LogP contribution < -0.4 is 0 Å². The summed E-state index contributed by atoms with van der Waals surface area (Å²) in [5, 5.41) is 0. The first-order valence-electron chi connectivity index (χ1n) is 10.4. The van der Waals surface area contributed by atoms with Gasteiger partial charge in [0, 0.05) is 35.9 Å². The first-order chi connectivity index (χ1) is 13.9. The lowest BCUT2D eigenvalue weighted by molar-refractivity contribution is 0.112. The molecule has 0 saturated carbocycles. The summed E-state index contributed by atoms with van der Waals surface area (Å²) in [5.41, 5.74) is 2.95. The van der Waals surface area contributed by atoms with E-state index in [0.29, 0.717) is 0 Å². The van der Waals surface area contributed by atoms with E-state index < -0.39 is 0 Å². The Morgan fingerprint density at radius 2 is 1.07 bits per heavy atom. The van der Waals surface area contributed by atoms with Gasteiger partial charge in [-0.1, -0.05) is 67.5 Å². The van der Waals surface area contributed by atoms with Crippen molar-refractivity contribution < 1.29 is 4.79 Å². The molecular weight excluding hydrogens is 344 g/mol. The Kier molecular flexibility index (Phi) is 18.6. The maximum Gasteiger partial charge on any atom is 0.152 e. The van der Waals surface area contributed by atoms with Crippen LogP contribution in [0.3, 0.4) is 0 Å². The van der Waals surface area contributed by atoms with Gasteiger partial charge in [0.2, 0.25) is 0 Å². The van der Waals surface area contributed by atoms with Crippen molar-refractivity contribution in [1.29, 1.82) is 0 Å². The maximum atomic E-state index is 10.5. The van der Waals surface area contributed by atoms with Crippen molar-refractivity contribution in [3.05, 3.63) is 84.9 Å². The molecule has 0 aliphatic rings. The zero-order chi connectivity index (χ0) is 21.8. The number of rotatable bonds is 1. The summed E-state index contributed by atoms with van der Waals surface area (Å²) in [7, 11) is 0. The predicted octanol–water partition coefficient (Wildman–Crippen LogP) is 7.80. The molecule has 0 fully saturated rings. The number of fused-ring (bicyclic) bond motifs is 2. The average Bonchev–Trinajstić information content (AvgIpc) is 3.46. The minimum absolute atomic E-state index is 0.741. The Hall–Kier alpha value is -2.81. The van der Waals surface area contributed by atoms with Crippen molar-refractivity contribution in [3.8, 4) is 0 Å². The van der Waals surface area contributed by atoms with Gasteiger partial charge in [0.05, 0.1) is 5.52 Å². The smallest absolute Gasteiger partial charge is 0.152 e. The first kappa shape index (κ1) is 27.4. The van der Waals surface area contributed by atoms with Crippen molar-refractivity contribution in [2.75, 3.05) is 0 Å². The molecule has 0 radical (unpaired) electrons. The summed E-state index contributed by atoms with van der Waals surface area (Å²) in [6.45, 7) is 16.0. The molecule has 0 aliphatic heterocycles. The Morgan fingerprint density at radius 1 is 0.571 bits per heavy atom. The molecule has 0 unspecified atom stereocenters. The molecule has 0 bridgehead atoms. The fourth-order valence-electron chi connectivity index (χ4n) is 2.16. The SMILES string of the molecule is CC.CC.CC.CC.O=Cc1ccn2ccccc12.c1ccn2cccc2c1. The number of pyridine rings is 2. The van der Waals surface area contributed by atoms with Crippen molar-refractivity contribution in [2.45, 2.75) is 55.4 Å². The summed E-state index contributed by atoms with van der Waals surface area (Å²) < 4.78 is 4.00. The third-order valence-electron chi connectivity index (χ3n) is 3.16. The van der Waals surface area contributed by atoms with E-state index in [4.69, 9.17) is 0 Å². The van der Waals surface area contributed by atoms with Crippen LogP contribution in [0.1, 0.15) is 65.7 Å². The number of carbonyl (C=O) groups excluding carboxylic acids is 1. The standard InChI is InChI=1S/C9H7NO.C8H7N.4C2H6/c11-7-8-4-6-10-5-2-1-3-9(8)10;1-2-6-9-7-3-5-8(9)4-1;4*1-2/h1-7H;1-7H;4*1-2H3. The number of hydrogen-bond donors (Lipinski definition) is 0. The molecule has 0 amide bonds. The highest BCUT2D eigenvalue weighted by Crippen LogP contribution is 2.08. The van der Waals surface area contributed by atoms with Crippen LogP contribution in [0.5, 0.6) is 0 Å². The van der Waals surface area contributed by atoms with Gasteiger partial charge >= 0.3 is 0 Å². The van der Waals surface area contributed by atoms with Gasteiger partial charge in [-0.05, 0) is 42.5 Å². The van der Waals surface area contributed by atoms with Crippen molar-refractivity contribution in [2.24, 2.45) is 0 Å². The number of aromatic nitrogens is 2. The van der Waals surface area contributed by atoms with E-state index >= 15 is 0 Å². The van der Waals surface area contributed by atoms with Gasteiger partial charge in [0.15, 0.2) is 6.29 Å². The monoisotopic (exact) mass is 382 g/mol. The van der Waals surface area contributed by atoms with E-state index in [-0.39, 0.29) is 0 Å². The Balaban J connectivity index is 0. The topological polar surface area (TPSA) is 25.9 Å². The Morgan fingerprint density at radius 3 is 1.64 bits per heavy atom. The van der Waals surface area contributed by atoms with Crippen LogP contribution in [-0.2, 0) is 0 Å². The molecule has 4 aromatic heterocycles. The van der Waals surface area contributed by atoms with E-state index in [1.54, 1.807) is 0 Å². The second kappa shape index (κ2) is 19.0. The van der Waals surface area contributed by atoms with E-state index in [0.717, 1.165) is 17.4 Å². The molecule has 4 aromatic rings. The van der Waals surface area contributed by atoms with Crippen LogP contribution in [-0.4, -0.2) is 15.1 Å². The van der Waals surface area contributed by atoms with Crippen LogP contribution in [0, 0.1) is 0 Å². The van der Waals surface area contributed by atoms with Crippen LogP contribution >= 0.6 is 0 Å². The van der Waals surface area contributed by atoms with Crippen LogP contribution in [0.2, 0.25) is 0 Å². The number of carbonyl (C=O) groups is 1. The second-order valence-electron chi connectivity index (χ2n) is 4.42. The predicted molar refractivity (Wildman–Crippen MR) is 126 cm³/mol. The quantitative estimate of drug-likeness (QED) is 0.308. The maximum absolute atomic E-state index is 10.5. The molecule has 0 aromatic carbocycles. The molecule has 154 valence electrons. The van der Waals surface area contributed by atoms with Crippen LogP contribution in [0.15, 0.2) is 79.4 Å². The van der Waals surface area contributed by atoms with Crippen molar-refractivity contribution in [1.82, 2.24) is 8.80 Å². The Labute approximate surface area is 171 Å². The summed E-state index contributed by atoms with van der Waals surface area (Å²) in [6.07, 6.45) is 8.74.